The van der Waals surface area contributed by atoms with Crippen LogP contribution in [0.25, 0.3) is 11.4 Å². The topological polar surface area (TPSA) is 68.5 Å². The van der Waals surface area contributed by atoms with Crippen molar-refractivity contribution in [1.29, 1.82) is 0 Å². The molecule has 2 aromatic rings. The van der Waals surface area contributed by atoms with Crippen LogP contribution in [0, 0.1) is 5.82 Å². The van der Waals surface area contributed by atoms with Crippen LogP contribution in [0.1, 0.15) is 32.6 Å². The molecule has 7 heteroatoms. The summed E-state index contributed by atoms with van der Waals surface area (Å²) in [5.41, 5.74) is 0.677. The van der Waals surface area contributed by atoms with Crippen LogP contribution in [0.15, 0.2) is 28.8 Å². The van der Waals surface area contributed by atoms with Crippen molar-refractivity contribution >= 4 is 5.91 Å². The van der Waals surface area contributed by atoms with Gasteiger partial charge >= 0.3 is 0 Å². The van der Waals surface area contributed by atoms with Gasteiger partial charge in [0.05, 0.1) is 18.8 Å². The minimum Gasteiger partial charge on any atom is -0.375 e. The molecule has 2 atom stereocenters. The molecule has 134 valence electrons. The lowest BCUT2D eigenvalue weighted by molar-refractivity contribution is -0.144. The van der Waals surface area contributed by atoms with E-state index in [2.05, 4.69) is 17.1 Å². The second kappa shape index (κ2) is 7.74. The average Bonchev–Trinajstić information content (AvgIpc) is 3.09. The molecule has 0 saturated carbocycles. The average molecular weight is 347 g/mol. The van der Waals surface area contributed by atoms with Crippen LogP contribution in [0.5, 0.6) is 0 Å². The van der Waals surface area contributed by atoms with Gasteiger partial charge in [0.2, 0.25) is 17.6 Å². The van der Waals surface area contributed by atoms with E-state index < -0.39 is 0 Å². The predicted molar refractivity (Wildman–Crippen MR) is 89.2 cm³/mol. The molecule has 0 radical (unpaired) electrons. The molecule has 1 aliphatic rings. The zero-order valence-corrected chi connectivity index (χ0v) is 14.4. The fraction of sp³-hybridized carbons (Fsp3) is 0.500. The highest BCUT2D eigenvalue weighted by Crippen LogP contribution is 2.19. The van der Waals surface area contributed by atoms with Crippen molar-refractivity contribution in [3.63, 3.8) is 0 Å². The molecular formula is C18H22FN3O3. The first kappa shape index (κ1) is 17.5. The summed E-state index contributed by atoms with van der Waals surface area (Å²) in [5.74, 6) is 0.558. The highest BCUT2D eigenvalue weighted by atomic mass is 19.1. The third kappa shape index (κ3) is 4.22. The Bertz CT molecular complexity index is 717. The number of rotatable bonds is 5. The predicted octanol–water partition coefficient (Wildman–Crippen LogP) is 2.83. The monoisotopic (exact) mass is 347 g/mol. The fourth-order valence-electron chi connectivity index (χ4n) is 2.92. The van der Waals surface area contributed by atoms with Crippen molar-refractivity contribution in [3.05, 3.63) is 36.0 Å². The number of carbonyl (C=O) groups is 1. The van der Waals surface area contributed by atoms with Crippen molar-refractivity contribution in [2.75, 3.05) is 13.2 Å². The van der Waals surface area contributed by atoms with E-state index >= 15 is 0 Å². The Hall–Kier alpha value is -2.28. The van der Waals surface area contributed by atoms with E-state index in [1.807, 2.05) is 11.8 Å². The molecule has 25 heavy (non-hydrogen) atoms. The van der Waals surface area contributed by atoms with Gasteiger partial charge in [0.15, 0.2) is 0 Å². The molecule has 0 spiro atoms. The van der Waals surface area contributed by atoms with E-state index in [1.54, 1.807) is 12.1 Å². The van der Waals surface area contributed by atoms with Gasteiger partial charge in [0.1, 0.15) is 5.82 Å². The number of hydrogen-bond acceptors (Lipinski definition) is 5. The number of ether oxygens (including phenoxy) is 1. The zero-order chi connectivity index (χ0) is 17.8. The number of nitrogens with zero attached hydrogens (tertiary/aromatic N) is 3. The second-order valence-electron chi connectivity index (χ2n) is 6.27. The molecule has 0 aliphatic carbocycles. The van der Waals surface area contributed by atoms with Gasteiger partial charge in [-0.1, -0.05) is 12.1 Å². The maximum absolute atomic E-state index is 13.0. The van der Waals surface area contributed by atoms with Gasteiger partial charge < -0.3 is 14.2 Å². The van der Waals surface area contributed by atoms with Crippen LogP contribution in [0.4, 0.5) is 4.39 Å². The molecule has 0 bridgehead atoms. The number of amides is 1. The number of hydrogen-bond donors (Lipinski definition) is 0. The Morgan fingerprint density at radius 2 is 2.12 bits per heavy atom. The first-order valence-corrected chi connectivity index (χ1v) is 8.56. The van der Waals surface area contributed by atoms with Crippen molar-refractivity contribution in [3.8, 4) is 11.4 Å². The van der Waals surface area contributed by atoms with Crippen LogP contribution >= 0.6 is 0 Å². The van der Waals surface area contributed by atoms with Crippen LogP contribution in [0.3, 0.4) is 0 Å². The number of morpholine rings is 1. The van der Waals surface area contributed by atoms with Gasteiger partial charge in [-0.3, -0.25) is 4.79 Å². The third-order valence-electron chi connectivity index (χ3n) is 4.38. The molecule has 3 rings (SSSR count). The maximum atomic E-state index is 13.0. The van der Waals surface area contributed by atoms with Crippen molar-refractivity contribution < 1.29 is 18.4 Å². The number of carbonyl (C=O) groups excluding carboxylic acids is 1. The van der Waals surface area contributed by atoms with Crippen molar-refractivity contribution in [2.45, 2.75) is 45.3 Å². The fourth-order valence-corrected chi connectivity index (χ4v) is 2.92. The summed E-state index contributed by atoms with van der Waals surface area (Å²) < 4.78 is 23.8. The summed E-state index contributed by atoms with van der Waals surface area (Å²) >= 11 is 0. The molecule has 0 unspecified atom stereocenters. The number of aryl methyl sites for hydroxylation is 1. The van der Waals surface area contributed by atoms with E-state index in [-0.39, 0.29) is 23.9 Å². The molecule has 1 aromatic carbocycles. The van der Waals surface area contributed by atoms with E-state index in [0.717, 1.165) is 6.42 Å². The normalized spacial score (nSPS) is 20.7. The SMILES string of the molecule is CC[C@@H]1CO[C@@H](C)CN1C(=O)CCc1nc(-c2ccc(F)cc2)no1. The standard InChI is InChI=1S/C18H22FN3O3/c1-3-15-11-24-12(2)10-22(15)17(23)9-8-16-20-18(21-25-16)13-4-6-14(19)7-5-13/h4-7,12,15H,3,8-11H2,1-2H3/t12-,15+/m0/s1. The summed E-state index contributed by atoms with van der Waals surface area (Å²) in [5, 5.41) is 3.90. The van der Waals surface area contributed by atoms with Crippen molar-refractivity contribution in [2.24, 2.45) is 0 Å². The van der Waals surface area contributed by atoms with Gasteiger partial charge in [-0.2, -0.15) is 4.98 Å². The first-order chi connectivity index (χ1) is 12.1. The Balaban J connectivity index is 1.60. The smallest absolute Gasteiger partial charge is 0.227 e. The molecule has 1 aliphatic heterocycles. The number of aromatic nitrogens is 2. The molecule has 1 aromatic heterocycles. The Morgan fingerprint density at radius 3 is 2.84 bits per heavy atom. The second-order valence-corrected chi connectivity index (χ2v) is 6.27. The van der Waals surface area contributed by atoms with E-state index in [4.69, 9.17) is 9.26 Å². The molecule has 0 N–H and O–H groups in total. The molecule has 6 nitrogen and oxygen atoms in total. The zero-order valence-electron chi connectivity index (χ0n) is 14.4. The maximum Gasteiger partial charge on any atom is 0.227 e. The van der Waals surface area contributed by atoms with Gasteiger partial charge in [0.25, 0.3) is 0 Å². The molecular weight excluding hydrogens is 325 g/mol. The van der Waals surface area contributed by atoms with Gasteiger partial charge in [-0.05, 0) is 37.6 Å². The number of benzene rings is 1. The largest absolute Gasteiger partial charge is 0.375 e. The Morgan fingerprint density at radius 1 is 1.36 bits per heavy atom. The quantitative estimate of drug-likeness (QED) is 0.832. The first-order valence-electron chi connectivity index (χ1n) is 8.56. The molecule has 1 fully saturated rings. The number of halogens is 1. The lowest BCUT2D eigenvalue weighted by Gasteiger charge is -2.38. The summed E-state index contributed by atoms with van der Waals surface area (Å²) in [4.78, 5) is 18.7. The summed E-state index contributed by atoms with van der Waals surface area (Å²) in [6, 6.07) is 6.01. The molecule has 1 saturated heterocycles. The minimum absolute atomic E-state index is 0.0558. The third-order valence-corrected chi connectivity index (χ3v) is 4.38. The van der Waals surface area contributed by atoms with Crippen LogP contribution in [-0.4, -0.2) is 46.2 Å². The van der Waals surface area contributed by atoms with E-state index in [9.17, 15) is 9.18 Å². The Kier molecular flexibility index (Phi) is 5.43. The minimum atomic E-state index is -0.316. The molecule has 2 heterocycles. The highest BCUT2D eigenvalue weighted by Gasteiger charge is 2.29. The highest BCUT2D eigenvalue weighted by molar-refractivity contribution is 5.76. The Labute approximate surface area is 146 Å². The molecule has 1 amide bonds. The van der Waals surface area contributed by atoms with Crippen LogP contribution in [0.2, 0.25) is 0 Å². The van der Waals surface area contributed by atoms with Gasteiger partial charge in [-0.25, -0.2) is 4.39 Å². The lowest BCUT2D eigenvalue weighted by atomic mass is 10.1. The summed E-state index contributed by atoms with van der Waals surface area (Å²) in [7, 11) is 0. The summed E-state index contributed by atoms with van der Waals surface area (Å²) in [6.45, 7) is 5.22. The summed E-state index contributed by atoms with van der Waals surface area (Å²) in [6.07, 6.45) is 1.62. The van der Waals surface area contributed by atoms with Gasteiger partial charge in [0, 0.05) is 24.9 Å². The van der Waals surface area contributed by atoms with Crippen molar-refractivity contribution in [1.82, 2.24) is 15.0 Å². The van der Waals surface area contributed by atoms with Gasteiger partial charge in [-0.15, -0.1) is 0 Å². The van der Waals surface area contributed by atoms with Crippen LogP contribution < -0.4 is 0 Å². The van der Waals surface area contributed by atoms with Crippen LogP contribution in [-0.2, 0) is 16.0 Å². The lowest BCUT2D eigenvalue weighted by Crippen LogP contribution is -2.51. The van der Waals surface area contributed by atoms with E-state index in [1.165, 1.54) is 12.1 Å². The van der Waals surface area contributed by atoms with E-state index in [0.29, 0.717) is 43.3 Å².